The molecule has 1 atom stereocenters. The van der Waals surface area contributed by atoms with Gasteiger partial charge in [0.1, 0.15) is 5.60 Å². The number of amides is 1. The van der Waals surface area contributed by atoms with Crippen molar-refractivity contribution in [1.29, 1.82) is 0 Å². The number of carbonyl (C=O) groups excluding carboxylic acids is 1. The SMILES string of the molecule is COc1cc([C@@H](NC(=O)OC(C)(C)C)C(=O)O)ccc1O. The number of ether oxygens (including phenoxy) is 2. The van der Waals surface area contributed by atoms with E-state index in [0.29, 0.717) is 0 Å². The summed E-state index contributed by atoms with van der Waals surface area (Å²) >= 11 is 0. The molecular formula is C14H19NO6. The molecule has 0 aromatic heterocycles. The molecule has 0 saturated carbocycles. The van der Waals surface area contributed by atoms with Gasteiger partial charge in [-0.15, -0.1) is 0 Å². The van der Waals surface area contributed by atoms with Crippen molar-refractivity contribution in [2.45, 2.75) is 32.4 Å². The Balaban J connectivity index is 2.97. The molecule has 0 unspecified atom stereocenters. The normalized spacial score (nSPS) is 12.4. The molecule has 1 aromatic rings. The van der Waals surface area contributed by atoms with Crippen LogP contribution in [0.15, 0.2) is 18.2 Å². The number of aliphatic carboxylic acids is 1. The molecule has 0 aliphatic heterocycles. The molecule has 0 radical (unpaired) electrons. The lowest BCUT2D eigenvalue weighted by molar-refractivity contribution is -0.139. The van der Waals surface area contributed by atoms with E-state index in [2.05, 4.69) is 5.32 Å². The van der Waals surface area contributed by atoms with Crippen LogP contribution >= 0.6 is 0 Å². The molecule has 0 spiro atoms. The van der Waals surface area contributed by atoms with E-state index in [4.69, 9.17) is 9.47 Å². The highest BCUT2D eigenvalue weighted by Crippen LogP contribution is 2.29. The zero-order chi connectivity index (χ0) is 16.2. The molecule has 3 N–H and O–H groups in total. The van der Waals surface area contributed by atoms with Crippen molar-refractivity contribution in [3.05, 3.63) is 23.8 Å². The number of alkyl carbamates (subject to hydrolysis) is 1. The summed E-state index contributed by atoms with van der Waals surface area (Å²) in [6, 6.07) is 2.70. The van der Waals surface area contributed by atoms with Crippen LogP contribution in [0.1, 0.15) is 32.4 Å². The first-order valence-corrected chi connectivity index (χ1v) is 6.23. The second kappa shape index (κ2) is 6.34. The third kappa shape index (κ3) is 4.87. The highest BCUT2D eigenvalue weighted by Gasteiger charge is 2.26. The number of carboxylic acids is 1. The van der Waals surface area contributed by atoms with Gasteiger partial charge in [0.2, 0.25) is 0 Å². The molecule has 21 heavy (non-hydrogen) atoms. The standard InChI is InChI=1S/C14H19NO6/c1-14(2,3)21-13(19)15-11(12(17)18)8-5-6-9(16)10(7-8)20-4/h5-7,11,16H,1-4H3,(H,15,19)(H,17,18)/t11-/m1/s1. The van der Waals surface area contributed by atoms with Gasteiger partial charge in [0.25, 0.3) is 0 Å². The average Bonchev–Trinajstić information content (AvgIpc) is 2.34. The minimum atomic E-state index is -1.31. The van der Waals surface area contributed by atoms with Crippen LogP contribution in [0.3, 0.4) is 0 Å². The highest BCUT2D eigenvalue weighted by molar-refractivity contribution is 5.81. The van der Waals surface area contributed by atoms with Crippen molar-refractivity contribution >= 4 is 12.1 Å². The average molecular weight is 297 g/mol. The van der Waals surface area contributed by atoms with Gasteiger partial charge in [0.15, 0.2) is 17.5 Å². The summed E-state index contributed by atoms with van der Waals surface area (Å²) in [6.45, 7) is 5.02. The first-order chi connectivity index (χ1) is 9.64. The molecule has 116 valence electrons. The van der Waals surface area contributed by atoms with Crippen LogP contribution in [-0.4, -0.2) is 35.0 Å². The van der Waals surface area contributed by atoms with E-state index in [1.807, 2.05) is 0 Å². The van der Waals surface area contributed by atoms with Gasteiger partial charge >= 0.3 is 12.1 Å². The zero-order valence-corrected chi connectivity index (χ0v) is 12.3. The Morgan fingerprint density at radius 2 is 1.90 bits per heavy atom. The first-order valence-electron chi connectivity index (χ1n) is 6.23. The fourth-order valence-electron chi connectivity index (χ4n) is 1.59. The number of carboxylic acid groups (broad SMARTS) is 1. The molecule has 0 heterocycles. The molecule has 7 nitrogen and oxygen atoms in total. The fourth-order valence-corrected chi connectivity index (χ4v) is 1.59. The maximum Gasteiger partial charge on any atom is 0.408 e. The van der Waals surface area contributed by atoms with Crippen LogP contribution in [0.2, 0.25) is 0 Å². The van der Waals surface area contributed by atoms with E-state index in [1.54, 1.807) is 20.8 Å². The van der Waals surface area contributed by atoms with Crippen LogP contribution in [0.5, 0.6) is 11.5 Å². The number of methoxy groups -OCH3 is 1. The van der Waals surface area contributed by atoms with E-state index in [0.717, 1.165) is 0 Å². The van der Waals surface area contributed by atoms with Crippen LogP contribution < -0.4 is 10.1 Å². The van der Waals surface area contributed by atoms with E-state index in [-0.39, 0.29) is 17.1 Å². The van der Waals surface area contributed by atoms with Gasteiger partial charge in [0, 0.05) is 0 Å². The van der Waals surface area contributed by atoms with Gasteiger partial charge in [-0.1, -0.05) is 6.07 Å². The first kappa shape index (κ1) is 16.6. The second-order valence-electron chi connectivity index (χ2n) is 5.35. The Bertz CT molecular complexity index is 535. The fraction of sp³-hybridized carbons (Fsp3) is 0.429. The van der Waals surface area contributed by atoms with Crippen LogP contribution in [0, 0.1) is 0 Å². The van der Waals surface area contributed by atoms with Gasteiger partial charge in [-0.25, -0.2) is 9.59 Å². The number of aromatic hydroxyl groups is 1. The Labute approximate surface area is 122 Å². The monoisotopic (exact) mass is 297 g/mol. The van der Waals surface area contributed by atoms with Gasteiger partial charge in [-0.05, 0) is 38.5 Å². The van der Waals surface area contributed by atoms with E-state index < -0.39 is 23.7 Å². The van der Waals surface area contributed by atoms with Gasteiger partial charge in [-0.3, -0.25) is 0 Å². The Hall–Kier alpha value is -2.44. The van der Waals surface area contributed by atoms with Crippen LogP contribution in [-0.2, 0) is 9.53 Å². The molecule has 0 aliphatic rings. The molecule has 1 aromatic carbocycles. The second-order valence-corrected chi connectivity index (χ2v) is 5.35. The van der Waals surface area contributed by atoms with Gasteiger partial charge in [-0.2, -0.15) is 0 Å². The van der Waals surface area contributed by atoms with E-state index in [9.17, 15) is 19.8 Å². The molecule has 0 aliphatic carbocycles. The Morgan fingerprint density at radius 1 is 1.29 bits per heavy atom. The molecule has 7 heteroatoms. The lowest BCUT2D eigenvalue weighted by atomic mass is 10.1. The van der Waals surface area contributed by atoms with Crippen molar-refractivity contribution in [1.82, 2.24) is 5.32 Å². The summed E-state index contributed by atoms with van der Waals surface area (Å²) < 4.78 is 9.94. The smallest absolute Gasteiger partial charge is 0.408 e. The lowest BCUT2D eigenvalue weighted by Crippen LogP contribution is -2.38. The molecule has 0 saturated heterocycles. The number of hydrogen-bond acceptors (Lipinski definition) is 5. The zero-order valence-electron chi connectivity index (χ0n) is 12.3. The summed E-state index contributed by atoms with van der Waals surface area (Å²) in [4.78, 5) is 23.0. The summed E-state index contributed by atoms with van der Waals surface area (Å²) in [6.07, 6.45) is -0.845. The van der Waals surface area contributed by atoms with Crippen molar-refractivity contribution in [3.8, 4) is 11.5 Å². The summed E-state index contributed by atoms with van der Waals surface area (Å²) in [5, 5.41) is 21.0. The predicted octanol–water partition coefficient (Wildman–Crippen LogP) is 2.05. The third-order valence-electron chi connectivity index (χ3n) is 2.45. The topological polar surface area (TPSA) is 105 Å². The van der Waals surface area contributed by atoms with Crippen LogP contribution in [0.25, 0.3) is 0 Å². The molecule has 1 amide bonds. The maximum atomic E-state index is 11.7. The number of nitrogens with one attached hydrogen (secondary N) is 1. The molecule has 1 rings (SSSR count). The minimum Gasteiger partial charge on any atom is -0.504 e. The number of phenolic OH excluding ortho intramolecular Hbond substituents is 1. The largest absolute Gasteiger partial charge is 0.504 e. The lowest BCUT2D eigenvalue weighted by Gasteiger charge is -2.22. The van der Waals surface area contributed by atoms with Crippen molar-refractivity contribution < 1.29 is 29.3 Å². The van der Waals surface area contributed by atoms with Crippen molar-refractivity contribution in [2.24, 2.45) is 0 Å². The number of benzene rings is 1. The van der Waals surface area contributed by atoms with Crippen molar-refractivity contribution in [3.63, 3.8) is 0 Å². The summed E-state index contributed by atoms with van der Waals surface area (Å²) in [5.41, 5.74) is -0.484. The van der Waals surface area contributed by atoms with Gasteiger partial charge in [0.05, 0.1) is 7.11 Å². The highest BCUT2D eigenvalue weighted by atomic mass is 16.6. The predicted molar refractivity (Wildman–Crippen MR) is 74.4 cm³/mol. The quantitative estimate of drug-likeness (QED) is 0.785. The minimum absolute atomic E-state index is 0.115. The van der Waals surface area contributed by atoms with E-state index in [1.165, 1.54) is 25.3 Å². The number of hydrogen-bond donors (Lipinski definition) is 3. The van der Waals surface area contributed by atoms with Crippen molar-refractivity contribution in [2.75, 3.05) is 7.11 Å². The van der Waals surface area contributed by atoms with Crippen LogP contribution in [0.4, 0.5) is 4.79 Å². The van der Waals surface area contributed by atoms with E-state index >= 15 is 0 Å². The third-order valence-corrected chi connectivity index (χ3v) is 2.45. The molecular weight excluding hydrogens is 278 g/mol. The summed E-state index contributed by atoms with van der Waals surface area (Å²) in [7, 11) is 1.34. The summed E-state index contributed by atoms with van der Waals surface area (Å²) in [5.74, 6) is -1.26. The number of carbonyl (C=O) groups is 2. The number of rotatable bonds is 4. The Kier molecular flexibility index (Phi) is 5.02. The molecule has 0 fully saturated rings. The van der Waals surface area contributed by atoms with Gasteiger partial charge < -0.3 is 25.0 Å². The molecule has 0 bridgehead atoms. The number of phenols is 1. The maximum absolute atomic E-state index is 11.7. The Morgan fingerprint density at radius 3 is 2.38 bits per heavy atom.